The van der Waals surface area contributed by atoms with E-state index in [1.807, 2.05) is 4.57 Å². The minimum absolute atomic E-state index is 0.188. The normalized spacial score (nSPS) is 19.5. The van der Waals surface area contributed by atoms with Gasteiger partial charge in [-0.25, -0.2) is 4.98 Å². The monoisotopic (exact) mass is 299 g/mol. The third kappa shape index (κ3) is 2.29. The van der Waals surface area contributed by atoms with Gasteiger partial charge in [-0.2, -0.15) is 0 Å². The van der Waals surface area contributed by atoms with Gasteiger partial charge in [-0.1, -0.05) is 19.3 Å². The fourth-order valence-electron chi connectivity index (χ4n) is 4.25. The fourth-order valence-corrected chi connectivity index (χ4v) is 4.25. The van der Waals surface area contributed by atoms with Crippen LogP contribution in [0.5, 0.6) is 0 Å². The van der Waals surface area contributed by atoms with E-state index in [2.05, 4.69) is 17.6 Å². The molecule has 0 N–H and O–H groups in total. The first-order chi connectivity index (χ1) is 10.7. The van der Waals surface area contributed by atoms with Gasteiger partial charge in [0.15, 0.2) is 0 Å². The molecule has 0 radical (unpaired) electrons. The van der Waals surface area contributed by atoms with Crippen molar-refractivity contribution in [2.75, 3.05) is 0 Å². The second kappa shape index (κ2) is 5.56. The van der Waals surface area contributed by atoms with Crippen molar-refractivity contribution in [1.29, 1.82) is 0 Å². The Kier molecular flexibility index (Phi) is 3.55. The van der Waals surface area contributed by atoms with E-state index in [4.69, 9.17) is 4.98 Å². The van der Waals surface area contributed by atoms with Crippen LogP contribution >= 0.6 is 0 Å². The van der Waals surface area contributed by atoms with Crippen LogP contribution in [0.3, 0.4) is 0 Å². The quantitative estimate of drug-likeness (QED) is 0.852. The second-order valence-electron chi connectivity index (χ2n) is 7.08. The Morgan fingerprint density at radius 3 is 2.82 bits per heavy atom. The van der Waals surface area contributed by atoms with Crippen molar-refractivity contribution < 1.29 is 0 Å². The summed E-state index contributed by atoms with van der Waals surface area (Å²) in [4.78, 5) is 17.9. The van der Waals surface area contributed by atoms with Crippen molar-refractivity contribution in [3.8, 4) is 0 Å². The first-order valence-corrected chi connectivity index (χ1v) is 8.83. The molecule has 4 rings (SSSR count). The molecule has 0 unspecified atom stereocenters. The molecular weight excluding hydrogens is 274 g/mol. The highest BCUT2D eigenvalue weighted by Crippen LogP contribution is 2.28. The first-order valence-electron chi connectivity index (χ1n) is 8.83. The van der Waals surface area contributed by atoms with Crippen molar-refractivity contribution in [1.82, 2.24) is 14.1 Å². The maximum atomic E-state index is 13.0. The summed E-state index contributed by atoms with van der Waals surface area (Å²) in [5.41, 5.74) is 3.13. The van der Waals surface area contributed by atoms with Crippen LogP contribution in [0.15, 0.2) is 10.9 Å². The van der Waals surface area contributed by atoms with E-state index in [9.17, 15) is 4.79 Å². The number of aromatic nitrogens is 3. The fraction of sp³-hybridized carbons (Fsp3) is 0.667. The van der Waals surface area contributed by atoms with Crippen LogP contribution in [0.2, 0.25) is 0 Å². The van der Waals surface area contributed by atoms with Crippen molar-refractivity contribution in [2.45, 2.75) is 71.4 Å². The van der Waals surface area contributed by atoms with Gasteiger partial charge < -0.3 is 4.57 Å². The molecule has 118 valence electrons. The SMILES string of the molecule is Cc1cc2nc3n(c(=O)c2n1CC1CCCC1)CCCCC3. The van der Waals surface area contributed by atoms with Crippen molar-refractivity contribution in [3.63, 3.8) is 0 Å². The zero-order chi connectivity index (χ0) is 15.1. The zero-order valence-electron chi connectivity index (χ0n) is 13.5. The molecule has 1 aliphatic carbocycles. The standard InChI is InChI=1S/C18H25N3O/c1-13-11-15-17(21(13)12-14-7-4-5-8-14)18(22)20-10-6-2-3-9-16(20)19-15/h11,14H,2-10,12H2,1H3. The molecule has 3 heterocycles. The summed E-state index contributed by atoms with van der Waals surface area (Å²) in [6, 6.07) is 2.11. The Labute approximate surface area is 131 Å². The van der Waals surface area contributed by atoms with Crippen LogP contribution in [0, 0.1) is 12.8 Å². The highest BCUT2D eigenvalue weighted by atomic mass is 16.1. The van der Waals surface area contributed by atoms with E-state index in [0.717, 1.165) is 55.1 Å². The van der Waals surface area contributed by atoms with Crippen molar-refractivity contribution >= 4 is 11.0 Å². The van der Waals surface area contributed by atoms with E-state index in [1.54, 1.807) is 0 Å². The number of hydrogen-bond donors (Lipinski definition) is 0. The largest absolute Gasteiger partial charge is 0.339 e. The van der Waals surface area contributed by atoms with Crippen molar-refractivity contribution in [2.24, 2.45) is 5.92 Å². The molecule has 1 fully saturated rings. The van der Waals surface area contributed by atoms with E-state index in [1.165, 1.54) is 37.8 Å². The summed E-state index contributed by atoms with van der Waals surface area (Å²) in [7, 11) is 0. The Morgan fingerprint density at radius 2 is 2.00 bits per heavy atom. The molecule has 0 spiro atoms. The second-order valence-corrected chi connectivity index (χ2v) is 7.08. The zero-order valence-corrected chi connectivity index (χ0v) is 13.5. The van der Waals surface area contributed by atoms with Crippen LogP contribution in [0.4, 0.5) is 0 Å². The van der Waals surface area contributed by atoms with Crippen LogP contribution in [-0.2, 0) is 19.5 Å². The van der Waals surface area contributed by atoms with Gasteiger partial charge in [-0.15, -0.1) is 0 Å². The van der Waals surface area contributed by atoms with E-state index < -0.39 is 0 Å². The van der Waals surface area contributed by atoms with Gasteiger partial charge in [-0.3, -0.25) is 9.36 Å². The molecule has 22 heavy (non-hydrogen) atoms. The van der Waals surface area contributed by atoms with Gasteiger partial charge in [-0.05, 0) is 44.6 Å². The van der Waals surface area contributed by atoms with Crippen LogP contribution in [0.1, 0.15) is 56.5 Å². The predicted octanol–water partition coefficient (Wildman–Crippen LogP) is 3.42. The Balaban J connectivity index is 1.85. The molecule has 0 saturated heterocycles. The lowest BCUT2D eigenvalue weighted by atomic mass is 10.1. The summed E-state index contributed by atoms with van der Waals surface area (Å²) in [6.07, 6.45) is 9.69. The molecule has 1 aliphatic heterocycles. The molecule has 0 bridgehead atoms. The molecule has 0 atom stereocenters. The number of aryl methyl sites for hydroxylation is 2. The summed E-state index contributed by atoms with van der Waals surface area (Å²) in [5, 5.41) is 0. The Morgan fingerprint density at radius 1 is 1.18 bits per heavy atom. The van der Waals surface area contributed by atoms with Gasteiger partial charge in [0, 0.05) is 25.2 Å². The molecule has 4 heteroatoms. The van der Waals surface area contributed by atoms with E-state index in [0.29, 0.717) is 0 Å². The van der Waals surface area contributed by atoms with Crippen LogP contribution in [0.25, 0.3) is 11.0 Å². The average molecular weight is 299 g/mol. The minimum atomic E-state index is 0.188. The summed E-state index contributed by atoms with van der Waals surface area (Å²) in [5.74, 6) is 1.73. The van der Waals surface area contributed by atoms with Gasteiger partial charge >= 0.3 is 0 Å². The molecule has 2 aliphatic rings. The molecular formula is C18H25N3O. The molecule has 0 aromatic carbocycles. The van der Waals surface area contributed by atoms with Gasteiger partial charge in [0.05, 0.1) is 5.52 Å². The molecule has 2 aromatic heterocycles. The Bertz CT molecular complexity index is 750. The lowest BCUT2D eigenvalue weighted by molar-refractivity contribution is 0.459. The number of nitrogens with zero attached hydrogens (tertiary/aromatic N) is 3. The van der Waals surface area contributed by atoms with Crippen molar-refractivity contribution in [3.05, 3.63) is 27.9 Å². The maximum absolute atomic E-state index is 13.0. The number of rotatable bonds is 2. The van der Waals surface area contributed by atoms with Crippen LogP contribution < -0.4 is 5.56 Å². The lowest BCUT2D eigenvalue weighted by Crippen LogP contribution is -2.26. The van der Waals surface area contributed by atoms with E-state index in [-0.39, 0.29) is 5.56 Å². The van der Waals surface area contributed by atoms with Gasteiger partial charge in [0.1, 0.15) is 11.3 Å². The average Bonchev–Trinajstić information content (AvgIpc) is 3.03. The molecule has 2 aromatic rings. The molecule has 4 nitrogen and oxygen atoms in total. The first kappa shape index (κ1) is 14.0. The summed E-state index contributed by atoms with van der Waals surface area (Å²) >= 11 is 0. The topological polar surface area (TPSA) is 39.8 Å². The van der Waals surface area contributed by atoms with Crippen LogP contribution in [-0.4, -0.2) is 14.1 Å². The smallest absolute Gasteiger partial charge is 0.278 e. The highest BCUT2D eigenvalue weighted by molar-refractivity contribution is 5.76. The minimum Gasteiger partial charge on any atom is -0.339 e. The Hall–Kier alpha value is -1.58. The summed E-state index contributed by atoms with van der Waals surface area (Å²) < 4.78 is 4.19. The predicted molar refractivity (Wildman–Crippen MR) is 88.2 cm³/mol. The van der Waals surface area contributed by atoms with Gasteiger partial charge in [0.2, 0.25) is 0 Å². The number of fused-ring (bicyclic) bond motifs is 2. The molecule has 1 saturated carbocycles. The lowest BCUT2D eigenvalue weighted by Gasteiger charge is -2.15. The van der Waals surface area contributed by atoms with E-state index >= 15 is 0 Å². The highest BCUT2D eigenvalue weighted by Gasteiger charge is 2.21. The van der Waals surface area contributed by atoms with Gasteiger partial charge in [0.25, 0.3) is 5.56 Å². The third-order valence-corrected chi connectivity index (χ3v) is 5.49. The maximum Gasteiger partial charge on any atom is 0.278 e. The number of hydrogen-bond acceptors (Lipinski definition) is 2. The summed E-state index contributed by atoms with van der Waals surface area (Å²) in [6.45, 7) is 3.95. The third-order valence-electron chi connectivity index (χ3n) is 5.49. The molecule has 0 amide bonds.